The summed E-state index contributed by atoms with van der Waals surface area (Å²) in [5.74, 6) is -0.829. The molecule has 0 saturated heterocycles. The fourth-order valence-corrected chi connectivity index (χ4v) is 3.61. The van der Waals surface area contributed by atoms with Gasteiger partial charge in [0.05, 0.1) is 15.8 Å². The molecule has 0 saturated carbocycles. The normalized spacial score (nSPS) is 12.6. The van der Waals surface area contributed by atoms with Gasteiger partial charge in [0.15, 0.2) is 5.01 Å². The molecule has 0 N–H and O–H groups in total. The molecular formula is C17H8Cl2F3NOS. The summed E-state index contributed by atoms with van der Waals surface area (Å²) in [6.45, 7) is 0. The Kier molecular flexibility index (Phi) is 4.86. The summed E-state index contributed by atoms with van der Waals surface area (Å²) in [5.41, 5.74) is -0.843. The van der Waals surface area contributed by atoms with Crippen LogP contribution < -0.4 is 0 Å². The van der Waals surface area contributed by atoms with E-state index in [1.807, 2.05) is 0 Å². The molecule has 0 unspecified atom stereocenters. The number of hydrogen-bond donors (Lipinski definition) is 0. The lowest BCUT2D eigenvalue weighted by Crippen LogP contribution is -2.13. The molecule has 1 heterocycles. The van der Waals surface area contributed by atoms with Gasteiger partial charge in [0.1, 0.15) is 0 Å². The molecule has 0 aliphatic rings. The molecule has 1 aromatic heterocycles. The second-order valence-electron chi connectivity index (χ2n) is 5.06. The molecule has 0 radical (unpaired) electrons. The van der Waals surface area contributed by atoms with Crippen LogP contribution in [-0.4, -0.2) is 16.9 Å². The van der Waals surface area contributed by atoms with Gasteiger partial charge in [0, 0.05) is 16.1 Å². The van der Waals surface area contributed by atoms with Gasteiger partial charge in [-0.15, -0.1) is 11.3 Å². The zero-order chi connectivity index (χ0) is 18.2. The Bertz CT molecular complexity index is 942. The average molecular weight is 402 g/mol. The van der Waals surface area contributed by atoms with Gasteiger partial charge in [-0.3, -0.25) is 4.79 Å². The molecule has 0 spiro atoms. The lowest BCUT2D eigenvalue weighted by Gasteiger charge is -2.12. The van der Waals surface area contributed by atoms with Crippen LogP contribution in [-0.2, 0) is 0 Å². The third-order valence-corrected chi connectivity index (χ3v) is 4.75. The molecule has 2 aromatic carbocycles. The number of para-hydroxylation sites is 1. The number of ketones is 1. The molecule has 0 fully saturated rings. The van der Waals surface area contributed by atoms with E-state index in [2.05, 4.69) is 4.98 Å². The predicted octanol–water partition coefficient (Wildman–Crippen LogP) is 6.43. The Morgan fingerprint density at radius 3 is 2.32 bits per heavy atom. The standard InChI is InChI=1S/C17H8Cl2F3NOS/c18-10-5-9(6-11(19)7-10)12(17(20,21)22)8-14(24)16-23-13-3-1-2-4-15(13)25-16/h1-8H/b12-8+. The zero-order valence-corrected chi connectivity index (χ0v) is 14.6. The van der Waals surface area contributed by atoms with Crippen molar-refractivity contribution in [1.82, 2.24) is 4.98 Å². The third kappa shape index (κ3) is 4.03. The first-order valence-electron chi connectivity index (χ1n) is 6.89. The van der Waals surface area contributed by atoms with Crippen LogP contribution in [0.15, 0.2) is 48.5 Å². The maximum Gasteiger partial charge on any atom is 0.417 e. The lowest BCUT2D eigenvalue weighted by molar-refractivity contribution is -0.0689. The highest BCUT2D eigenvalue weighted by Crippen LogP contribution is 2.36. The van der Waals surface area contributed by atoms with Crippen molar-refractivity contribution in [2.45, 2.75) is 6.18 Å². The third-order valence-electron chi connectivity index (χ3n) is 3.26. The second-order valence-corrected chi connectivity index (χ2v) is 6.97. The first-order valence-corrected chi connectivity index (χ1v) is 8.46. The van der Waals surface area contributed by atoms with Crippen LogP contribution in [0.2, 0.25) is 10.0 Å². The van der Waals surface area contributed by atoms with Crippen molar-refractivity contribution in [2.24, 2.45) is 0 Å². The van der Waals surface area contributed by atoms with Gasteiger partial charge in [0.25, 0.3) is 0 Å². The number of benzene rings is 2. The van der Waals surface area contributed by atoms with Gasteiger partial charge in [-0.25, -0.2) is 4.98 Å². The van der Waals surface area contributed by atoms with Crippen molar-refractivity contribution < 1.29 is 18.0 Å². The van der Waals surface area contributed by atoms with Crippen molar-refractivity contribution in [3.05, 3.63) is 69.2 Å². The summed E-state index contributed by atoms with van der Waals surface area (Å²) < 4.78 is 41.0. The highest BCUT2D eigenvalue weighted by molar-refractivity contribution is 7.20. The van der Waals surface area contributed by atoms with Crippen molar-refractivity contribution >= 4 is 56.1 Å². The second kappa shape index (κ2) is 6.78. The van der Waals surface area contributed by atoms with E-state index >= 15 is 0 Å². The molecule has 8 heteroatoms. The maximum absolute atomic E-state index is 13.4. The van der Waals surface area contributed by atoms with Crippen LogP contribution in [0, 0.1) is 0 Å². The molecule has 3 aromatic rings. The van der Waals surface area contributed by atoms with Gasteiger partial charge < -0.3 is 0 Å². The lowest BCUT2D eigenvalue weighted by atomic mass is 10.0. The van der Waals surface area contributed by atoms with Gasteiger partial charge in [-0.1, -0.05) is 35.3 Å². The van der Waals surface area contributed by atoms with E-state index in [0.717, 1.165) is 28.2 Å². The topological polar surface area (TPSA) is 30.0 Å². The molecule has 0 aliphatic carbocycles. The van der Waals surface area contributed by atoms with Gasteiger partial charge >= 0.3 is 6.18 Å². The minimum Gasteiger partial charge on any atom is -0.287 e. The monoisotopic (exact) mass is 401 g/mol. The van der Waals surface area contributed by atoms with E-state index in [1.165, 1.54) is 6.07 Å². The largest absolute Gasteiger partial charge is 0.417 e. The van der Waals surface area contributed by atoms with Crippen LogP contribution in [0.3, 0.4) is 0 Å². The van der Waals surface area contributed by atoms with Crippen molar-refractivity contribution in [1.29, 1.82) is 0 Å². The highest BCUT2D eigenvalue weighted by atomic mass is 35.5. The van der Waals surface area contributed by atoms with Gasteiger partial charge in [0.2, 0.25) is 5.78 Å². The van der Waals surface area contributed by atoms with Crippen LogP contribution in [0.5, 0.6) is 0 Å². The fourth-order valence-electron chi connectivity index (χ4n) is 2.21. The number of alkyl halides is 3. The van der Waals surface area contributed by atoms with E-state index in [9.17, 15) is 18.0 Å². The highest BCUT2D eigenvalue weighted by Gasteiger charge is 2.36. The summed E-state index contributed by atoms with van der Waals surface area (Å²) in [6.07, 6.45) is -4.22. The Morgan fingerprint density at radius 2 is 1.72 bits per heavy atom. The Hall–Kier alpha value is -1.89. The first-order chi connectivity index (χ1) is 11.7. The molecule has 3 rings (SSSR count). The average Bonchev–Trinajstić information content (AvgIpc) is 2.94. The number of allylic oxidation sites excluding steroid dienone is 2. The predicted molar refractivity (Wildman–Crippen MR) is 94.4 cm³/mol. The molecule has 0 atom stereocenters. The van der Waals surface area contributed by atoms with Crippen LogP contribution in [0.25, 0.3) is 15.8 Å². The van der Waals surface area contributed by atoms with Crippen LogP contribution >= 0.6 is 34.5 Å². The summed E-state index contributed by atoms with van der Waals surface area (Å²) in [4.78, 5) is 16.4. The molecule has 128 valence electrons. The van der Waals surface area contributed by atoms with E-state index in [1.54, 1.807) is 24.3 Å². The Labute approximate surface area is 154 Å². The number of fused-ring (bicyclic) bond motifs is 1. The number of nitrogens with zero attached hydrogens (tertiary/aromatic N) is 1. The minimum absolute atomic E-state index is 0.0175. The molecule has 2 nitrogen and oxygen atoms in total. The van der Waals surface area contributed by atoms with E-state index < -0.39 is 17.5 Å². The minimum atomic E-state index is -4.75. The number of hydrogen-bond acceptors (Lipinski definition) is 3. The number of carbonyl (C=O) groups excluding carboxylic acids is 1. The maximum atomic E-state index is 13.4. The summed E-state index contributed by atoms with van der Waals surface area (Å²) >= 11 is 12.6. The van der Waals surface area contributed by atoms with Gasteiger partial charge in [-0.05, 0) is 35.9 Å². The SMILES string of the molecule is O=C(/C=C(\c1cc(Cl)cc(Cl)c1)C(F)(F)F)c1nc2ccccc2s1. The quantitative estimate of drug-likeness (QED) is 0.373. The Morgan fingerprint density at radius 1 is 1.08 bits per heavy atom. The molecular weight excluding hydrogens is 394 g/mol. The molecule has 0 bridgehead atoms. The first kappa shape index (κ1) is 17.9. The number of thiazole rings is 1. The van der Waals surface area contributed by atoms with Crippen molar-refractivity contribution in [2.75, 3.05) is 0 Å². The molecule has 25 heavy (non-hydrogen) atoms. The number of carbonyl (C=O) groups is 1. The van der Waals surface area contributed by atoms with Crippen molar-refractivity contribution in [3.63, 3.8) is 0 Å². The van der Waals surface area contributed by atoms with Crippen LogP contribution in [0.1, 0.15) is 15.4 Å². The van der Waals surface area contributed by atoms with E-state index in [-0.39, 0.29) is 20.6 Å². The fraction of sp³-hybridized carbons (Fsp3) is 0.0588. The summed E-state index contributed by atoms with van der Waals surface area (Å²) in [5, 5.41) is 0.0752. The van der Waals surface area contributed by atoms with Crippen LogP contribution in [0.4, 0.5) is 13.2 Å². The number of rotatable bonds is 3. The van der Waals surface area contributed by atoms with E-state index in [0.29, 0.717) is 11.6 Å². The van der Waals surface area contributed by atoms with E-state index in [4.69, 9.17) is 23.2 Å². The number of aromatic nitrogens is 1. The number of halogens is 5. The Balaban J connectivity index is 2.07. The van der Waals surface area contributed by atoms with Gasteiger partial charge in [-0.2, -0.15) is 13.2 Å². The summed E-state index contributed by atoms with van der Waals surface area (Å²) in [6, 6.07) is 10.5. The smallest absolute Gasteiger partial charge is 0.287 e. The molecule has 0 aliphatic heterocycles. The zero-order valence-electron chi connectivity index (χ0n) is 12.3. The summed E-state index contributed by atoms with van der Waals surface area (Å²) in [7, 11) is 0. The van der Waals surface area contributed by atoms with Crippen molar-refractivity contribution in [3.8, 4) is 0 Å². The molecule has 0 amide bonds.